The van der Waals surface area contributed by atoms with Crippen LogP contribution in [0.5, 0.6) is 0 Å². The van der Waals surface area contributed by atoms with Gasteiger partial charge in [0.25, 0.3) is 5.91 Å². The molecule has 100 valence electrons. The summed E-state index contributed by atoms with van der Waals surface area (Å²) in [5.74, 6) is -0.465. The van der Waals surface area contributed by atoms with Crippen LogP contribution in [0.4, 0.5) is 0 Å². The van der Waals surface area contributed by atoms with Crippen LogP contribution < -0.4 is 10.7 Å². The van der Waals surface area contributed by atoms with E-state index in [-0.39, 0.29) is 23.6 Å². The fourth-order valence-corrected chi connectivity index (χ4v) is 1.88. The van der Waals surface area contributed by atoms with Crippen molar-refractivity contribution in [2.45, 2.75) is 19.4 Å². The van der Waals surface area contributed by atoms with Gasteiger partial charge in [-0.1, -0.05) is 19.1 Å². The van der Waals surface area contributed by atoms with Gasteiger partial charge in [0.05, 0.1) is 12.6 Å². The highest BCUT2D eigenvalue weighted by Crippen LogP contribution is 2.07. The summed E-state index contributed by atoms with van der Waals surface area (Å²) in [7, 11) is 0. The molecule has 1 amide bonds. The zero-order valence-corrected chi connectivity index (χ0v) is 10.6. The Bertz CT molecular complexity index is 644. The van der Waals surface area contributed by atoms with Crippen molar-refractivity contribution in [1.82, 2.24) is 10.3 Å². The summed E-state index contributed by atoms with van der Waals surface area (Å²) in [5, 5.41) is 12.2. The third kappa shape index (κ3) is 2.66. The average Bonchev–Trinajstić information content (AvgIpc) is 2.45. The minimum atomic E-state index is -0.465. The molecular formula is C14H16N2O3. The number of carbonyl (C=O) groups excluding carboxylic acids is 1. The van der Waals surface area contributed by atoms with Crippen molar-refractivity contribution < 1.29 is 9.90 Å². The van der Waals surface area contributed by atoms with Crippen molar-refractivity contribution >= 4 is 16.8 Å². The molecule has 5 nitrogen and oxygen atoms in total. The molecule has 0 saturated heterocycles. The predicted molar refractivity (Wildman–Crippen MR) is 73.2 cm³/mol. The zero-order chi connectivity index (χ0) is 13.8. The van der Waals surface area contributed by atoms with Gasteiger partial charge in [-0.3, -0.25) is 9.59 Å². The standard InChI is InChI=1S/C14H16N2O3/c1-2-9(8-17)16-14(19)11-7-15-12-6-4-3-5-10(12)13(11)18/h3-7,9,17H,2,8H2,1H3,(H,15,18)(H,16,19). The number of para-hydroxylation sites is 1. The first-order chi connectivity index (χ1) is 9.17. The molecule has 19 heavy (non-hydrogen) atoms. The highest BCUT2D eigenvalue weighted by Gasteiger charge is 2.15. The number of hydrogen-bond acceptors (Lipinski definition) is 3. The molecule has 0 bridgehead atoms. The third-order valence-electron chi connectivity index (χ3n) is 3.08. The van der Waals surface area contributed by atoms with Crippen molar-refractivity contribution in [2.24, 2.45) is 0 Å². The van der Waals surface area contributed by atoms with E-state index in [0.29, 0.717) is 17.3 Å². The average molecular weight is 260 g/mol. The minimum absolute atomic E-state index is 0.0607. The molecule has 0 radical (unpaired) electrons. The molecule has 1 aromatic heterocycles. The van der Waals surface area contributed by atoms with Crippen LogP contribution >= 0.6 is 0 Å². The summed E-state index contributed by atoms with van der Waals surface area (Å²) >= 11 is 0. The summed E-state index contributed by atoms with van der Waals surface area (Å²) in [6.07, 6.45) is 2.01. The molecule has 3 N–H and O–H groups in total. The number of aliphatic hydroxyl groups is 1. The lowest BCUT2D eigenvalue weighted by atomic mass is 10.1. The number of fused-ring (bicyclic) bond motifs is 1. The van der Waals surface area contributed by atoms with Gasteiger partial charge >= 0.3 is 0 Å². The molecule has 0 fully saturated rings. The van der Waals surface area contributed by atoms with Crippen LogP contribution in [-0.2, 0) is 0 Å². The third-order valence-corrected chi connectivity index (χ3v) is 3.08. The molecule has 0 aliphatic rings. The van der Waals surface area contributed by atoms with E-state index in [1.807, 2.05) is 13.0 Å². The number of amides is 1. The second-order valence-corrected chi connectivity index (χ2v) is 4.34. The molecular weight excluding hydrogens is 244 g/mol. The summed E-state index contributed by atoms with van der Waals surface area (Å²) in [6, 6.07) is 6.69. The summed E-state index contributed by atoms with van der Waals surface area (Å²) < 4.78 is 0. The number of pyridine rings is 1. The van der Waals surface area contributed by atoms with E-state index in [2.05, 4.69) is 10.3 Å². The van der Waals surface area contributed by atoms with E-state index in [1.165, 1.54) is 6.20 Å². The van der Waals surface area contributed by atoms with Crippen LogP contribution in [0.1, 0.15) is 23.7 Å². The number of aromatic nitrogens is 1. The molecule has 1 unspecified atom stereocenters. The lowest BCUT2D eigenvalue weighted by molar-refractivity contribution is 0.0913. The lowest BCUT2D eigenvalue weighted by Crippen LogP contribution is -2.39. The first-order valence-corrected chi connectivity index (χ1v) is 6.19. The van der Waals surface area contributed by atoms with E-state index in [4.69, 9.17) is 5.11 Å². The van der Waals surface area contributed by atoms with Crippen LogP contribution in [0.3, 0.4) is 0 Å². The Morgan fingerprint density at radius 2 is 2.16 bits per heavy atom. The maximum Gasteiger partial charge on any atom is 0.257 e. The lowest BCUT2D eigenvalue weighted by Gasteiger charge is -2.13. The molecule has 0 saturated carbocycles. The number of carbonyl (C=O) groups is 1. The van der Waals surface area contributed by atoms with Crippen LogP contribution in [0.25, 0.3) is 10.9 Å². The van der Waals surface area contributed by atoms with Crippen LogP contribution in [0, 0.1) is 0 Å². The van der Waals surface area contributed by atoms with Gasteiger partial charge in [0.2, 0.25) is 5.43 Å². The molecule has 2 aromatic rings. The Morgan fingerprint density at radius 1 is 1.42 bits per heavy atom. The number of nitrogens with one attached hydrogen (secondary N) is 2. The van der Waals surface area contributed by atoms with Crippen molar-refractivity contribution in [3.63, 3.8) is 0 Å². The fraction of sp³-hybridized carbons (Fsp3) is 0.286. The number of H-pyrrole nitrogens is 1. The van der Waals surface area contributed by atoms with Gasteiger partial charge in [-0.15, -0.1) is 0 Å². The largest absolute Gasteiger partial charge is 0.394 e. The Labute approximate surface area is 110 Å². The second-order valence-electron chi connectivity index (χ2n) is 4.34. The first-order valence-electron chi connectivity index (χ1n) is 6.19. The van der Waals surface area contributed by atoms with Crippen molar-refractivity contribution in [3.8, 4) is 0 Å². The van der Waals surface area contributed by atoms with E-state index in [1.54, 1.807) is 18.2 Å². The summed E-state index contributed by atoms with van der Waals surface area (Å²) in [5.41, 5.74) is 0.448. The molecule has 1 aromatic carbocycles. The van der Waals surface area contributed by atoms with Crippen LogP contribution in [-0.4, -0.2) is 28.6 Å². The SMILES string of the molecule is CCC(CO)NC(=O)c1c[nH]c2ccccc2c1=O. The van der Waals surface area contributed by atoms with E-state index >= 15 is 0 Å². The van der Waals surface area contributed by atoms with Gasteiger partial charge in [-0.2, -0.15) is 0 Å². The second kappa shape index (κ2) is 5.67. The normalized spacial score (nSPS) is 12.3. The van der Waals surface area contributed by atoms with Gasteiger partial charge in [0.15, 0.2) is 0 Å². The quantitative estimate of drug-likeness (QED) is 0.768. The Morgan fingerprint density at radius 3 is 2.84 bits per heavy atom. The first kappa shape index (κ1) is 13.3. The number of benzene rings is 1. The van der Waals surface area contributed by atoms with E-state index in [0.717, 1.165) is 0 Å². The maximum atomic E-state index is 12.2. The van der Waals surface area contributed by atoms with Crippen LogP contribution in [0.2, 0.25) is 0 Å². The molecule has 0 aliphatic heterocycles. The molecule has 5 heteroatoms. The maximum absolute atomic E-state index is 12.2. The van der Waals surface area contributed by atoms with Crippen molar-refractivity contribution in [2.75, 3.05) is 6.61 Å². The monoisotopic (exact) mass is 260 g/mol. The van der Waals surface area contributed by atoms with Gasteiger partial charge < -0.3 is 15.4 Å². The van der Waals surface area contributed by atoms with E-state index in [9.17, 15) is 9.59 Å². The van der Waals surface area contributed by atoms with E-state index < -0.39 is 5.91 Å². The predicted octanol–water partition coefficient (Wildman–Crippen LogP) is 1.03. The minimum Gasteiger partial charge on any atom is -0.394 e. The molecule has 2 rings (SSSR count). The van der Waals surface area contributed by atoms with Gasteiger partial charge in [0, 0.05) is 17.1 Å². The summed E-state index contributed by atoms with van der Waals surface area (Å²) in [4.78, 5) is 27.1. The molecule has 1 atom stereocenters. The Balaban J connectivity index is 2.38. The van der Waals surface area contributed by atoms with Crippen molar-refractivity contribution in [3.05, 3.63) is 46.2 Å². The number of rotatable bonds is 4. The Kier molecular flexibility index (Phi) is 3.97. The van der Waals surface area contributed by atoms with Crippen LogP contribution in [0.15, 0.2) is 35.3 Å². The molecule has 0 aliphatic carbocycles. The summed E-state index contributed by atoms with van der Waals surface area (Å²) in [6.45, 7) is 1.71. The van der Waals surface area contributed by atoms with Gasteiger partial charge in [-0.25, -0.2) is 0 Å². The highest BCUT2D eigenvalue weighted by molar-refractivity contribution is 5.97. The van der Waals surface area contributed by atoms with Gasteiger partial charge in [0.1, 0.15) is 5.56 Å². The smallest absolute Gasteiger partial charge is 0.257 e. The highest BCUT2D eigenvalue weighted by atomic mass is 16.3. The number of aliphatic hydroxyl groups excluding tert-OH is 1. The molecule has 1 heterocycles. The Hall–Kier alpha value is -2.14. The fourth-order valence-electron chi connectivity index (χ4n) is 1.88. The molecule has 0 spiro atoms. The topological polar surface area (TPSA) is 82.2 Å². The number of hydrogen-bond donors (Lipinski definition) is 3. The number of aromatic amines is 1. The van der Waals surface area contributed by atoms with Gasteiger partial charge in [-0.05, 0) is 18.6 Å². The zero-order valence-electron chi connectivity index (χ0n) is 10.6. The van der Waals surface area contributed by atoms with Crippen molar-refractivity contribution in [1.29, 1.82) is 0 Å².